The van der Waals surface area contributed by atoms with Crippen molar-refractivity contribution in [1.29, 1.82) is 0 Å². The van der Waals surface area contributed by atoms with Gasteiger partial charge in [0.25, 0.3) is 0 Å². The number of ether oxygens (including phenoxy) is 1. The van der Waals surface area contributed by atoms with Crippen molar-refractivity contribution in [2.24, 2.45) is 11.3 Å². The fourth-order valence-electron chi connectivity index (χ4n) is 4.83. The van der Waals surface area contributed by atoms with Crippen LogP contribution in [0.4, 0.5) is 0 Å². The summed E-state index contributed by atoms with van der Waals surface area (Å²) < 4.78 is 5.33. The number of likely N-dealkylation sites (N-methyl/N-ethyl adjacent to an activating group) is 1. The maximum Gasteiger partial charge on any atom is 0.227 e. The molecule has 1 aromatic carbocycles. The summed E-state index contributed by atoms with van der Waals surface area (Å²) in [5, 5.41) is 2.98. The minimum atomic E-state index is -0.492. The van der Waals surface area contributed by atoms with E-state index in [2.05, 4.69) is 24.4 Å². The second-order valence-electron chi connectivity index (χ2n) is 8.16. The minimum absolute atomic E-state index is 0.0124. The van der Waals surface area contributed by atoms with Crippen LogP contribution in [0, 0.1) is 11.3 Å². The van der Waals surface area contributed by atoms with E-state index in [-0.39, 0.29) is 29.3 Å². The fourth-order valence-corrected chi connectivity index (χ4v) is 4.83. The van der Waals surface area contributed by atoms with E-state index in [1.807, 2.05) is 19.1 Å². The van der Waals surface area contributed by atoms with Gasteiger partial charge >= 0.3 is 0 Å². The average molecular weight is 399 g/mol. The Bertz CT molecular complexity index is 847. The third-order valence-corrected chi connectivity index (χ3v) is 6.50. The van der Waals surface area contributed by atoms with Crippen LogP contribution >= 0.6 is 0 Å². The zero-order chi connectivity index (χ0) is 21.2. The molecule has 0 spiro atoms. The molecule has 156 valence electrons. The molecule has 0 bridgehead atoms. The van der Waals surface area contributed by atoms with Gasteiger partial charge < -0.3 is 15.0 Å². The van der Waals surface area contributed by atoms with E-state index in [0.29, 0.717) is 26.1 Å². The summed E-state index contributed by atoms with van der Waals surface area (Å²) in [6.07, 6.45) is 2.78. The highest BCUT2D eigenvalue weighted by atomic mass is 16.5. The van der Waals surface area contributed by atoms with Crippen LogP contribution in [0.1, 0.15) is 44.2 Å². The van der Waals surface area contributed by atoms with E-state index in [0.717, 1.165) is 12.0 Å². The molecular formula is C23H30N2O4. The van der Waals surface area contributed by atoms with Gasteiger partial charge in [-0.3, -0.25) is 14.4 Å². The van der Waals surface area contributed by atoms with Gasteiger partial charge in [-0.1, -0.05) is 31.2 Å². The van der Waals surface area contributed by atoms with E-state index in [4.69, 9.17) is 4.74 Å². The van der Waals surface area contributed by atoms with E-state index < -0.39 is 11.3 Å². The minimum Gasteiger partial charge on any atom is -0.493 e. The number of ketones is 1. The van der Waals surface area contributed by atoms with E-state index in [9.17, 15) is 14.4 Å². The quantitative estimate of drug-likeness (QED) is 0.799. The summed E-state index contributed by atoms with van der Waals surface area (Å²) in [6.45, 7) is 6.97. The van der Waals surface area contributed by atoms with E-state index in [1.54, 1.807) is 11.0 Å². The van der Waals surface area contributed by atoms with Crippen LogP contribution in [0.5, 0.6) is 0 Å². The van der Waals surface area contributed by atoms with Crippen molar-refractivity contribution in [3.8, 4) is 0 Å². The van der Waals surface area contributed by atoms with E-state index in [1.165, 1.54) is 19.6 Å². The zero-order valence-electron chi connectivity index (χ0n) is 17.7. The van der Waals surface area contributed by atoms with E-state index >= 15 is 0 Å². The fraction of sp³-hybridized carbons (Fsp3) is 0.522. The van der Waals surface area contributed by atoms with Crippen molar-refractivity contribution >= 4 is 17.6 Å². The highest BCUT2D eigenvalue weighted by Gasteiger charge is 2.52. The second kappa shape index (κ2) is 8.39. The summed E-state index contributed by atoms with van der Waals surface area (Å²) in [5.74, 6) is -0.471. The smallest absolute Gasteiger partial charge is 0.227 e. The van der Waals surface area contributed by atoms with Crippen molar-refractivity contribution in [2.75, 3.05) is 26.7 Å². The first kappa shape index (κ1) is 21.1. The van der Waals surface area contributed by atoms with Crippen molar-refractivity contribution in [3.63, 3.8) is 0 Å². The van der Waals surface area contributed by atoms with Crippen LogP contribution in [0.2, 0.25) is 0 Å². The molecule has 3 rings (SSSR count). The van der Waals surface area contributed by atoms with Gasteiger partial charge in [0.15, 0.2) is 11.5 Å². The van der Waals surface area contributed by atoms with Crippen molar-refractivity contribution in [2.45, 2.75) is 39.5 Å². The lowest BCUT2D eigenvalue weighted by molar-refractivity contribution is -0.130. The van der Waals surface area contributed by atoms with Crippen LogP contribution in [0.15, 0.2) is 36.1 Å². The Hall–Kier alpha value is -2.63. The van der Waals surface area contributed by atoms with Crippen LogP contribution in [0.25, 0.3) is 0 Å². The van der Waals surface area contributed by atoms with Gasteiger partial charge in [0.05, 0.1) is 13.0 Å². The number of allylic oxidation sites excluding steroid dienone is 1. The molecule has 0 aliphatic heterocycles. The first-order chi connectivity index (χ1) is 13.8. The molecule has 1 N–H and O–H groups in total. The Morgan fingerprint density at radius 2 is 2.03 bits per heavy atom. The summed E-state index contributed by atoms with van der Waals surface area (Å²) in [7, 11) is 1.47. The number of carbonyl (C=O) groups is 3. The second-order valence-corrected chi connectivity index (χ2v) is 8.16. The predicted octanol–water partition coefficient (Wildman–Crippen LogP) is 2.44. The number of nitrogens with zero attached hydrogens (tertiary/aromatic N) is 1. The number of rotatable bonds is 6. The third kappa shape index (κ3) is 3.93. The van der Waals surface area contributed by atoms with Crippen LogP contribution in [0.3, 0.4) is 0 Å². The SMILES string of the molecule is CCN(CCNC(=O)[C@H]1C=C(OC)C(=O)C[C@@H]2c3ccccc3C[C@]12C)C(C)=O. The number of amides is 2. The average Bonchev–Trinajstić information content (AvgIpc) is 2.91. The molecule has 6 heteroatoms. The van der Waals surface area contributed by atoms with Crippen LogP contribution < -0.4 is 5.32 Å². The maximum absolute atomic E-state index is 13.2. The van der Waals surface area contributed by atoms with Gasteiger partial charge in [0, 0.05) is 33.0 Å². The molecule has 3 atom stereocenters. The Kier molecular flexibility index (Phi) is 6.10. The van der Waals surface area contributed by atoms with Crippen molar-refractivity contribution < 1.29 is 19.1 Å². The number of fused-ring (bicyclic) bond motifs is 3. The molecule has 2 aliphatic rings. The molecule has 0 unspecified atom stereocenters. The largest absolute Gasteiger partial charge is 0.493 e. The molecule has 0 fully saturated rings. The lowest BCUT2D eigenvalue weighted by Crippen LogP contribution is -2.44. The molecular weight excluding hydrogens is 368 g/mol. The molecule has 0 heterocycles. The van der Waals surface area contributed by atoms with Gasteiger partial charge in [0.1, 0.15) is 0 Å². The van der Waals surface area contributed by atoms with Gasteiger partial charge in [-0.15, -0.1) is 0 Å². The topological polar surface area (TPSA) is 75.7 Å². The zero-order valence-corrected chi connectivity index (χ0v) is 17.7. The van der Waals surface area contributed by atoms with Gasteiger partial charge in [-0.2, -0.15) is 0 Å². The number of hydrogen-bond donors (Lipinski definition) is 1. The molecule has 0 saturated carbocycles. The van der Waals surface area contributed by atoms with Crippen LogP contribution in [-0.4, -0.2) is 49.2 Å². The maximum atomic E-state index is 13.2. The summed E-state index contributed by atoms with van der Waals surface area (Å²) in [5.41, 5.74) is 1.95. The molecule has 0 aromatic heterocycles. The van der Waals surface area contributed by atoms with Crippen LogP contribution in [-0.2, 0) is 25.5 Å². The lowest BCUT2D eigenvalue weighted by atomic mass is 9.67. The molecule has 0 radical (unpaired) electrons. The van der Waals surface area contributed by atoms with Gasteiger partial charge in [0.2, 0.25) is 11.8 Å². The van der Waals surface area contributed by atoms with Crippen molar-refractivity contribution in [3.05, 3.63) is 47.2 Å². The predicted molar refractivity (Wildman–Crippen MR) is 110 cm³/mol. The van der Waals surface area contributed by atoms with Gasteiger partial charge in [-0.05, 0) is 41.9 Å². The number of methoxy groups -OCH3 is 1. The normalized spacial score (nSPS) is 25.4. The molecule has 6 nitrogen and oxygen atoms in total. The molecule has 29 heavy (non-hydrogen) atoms. The number of Topliss-reactive ketones (excluding diaryl/α,β-unsaturated/α-hetero) is 1. The molecule has 0 saturated heterocycles. The summed E-state index contributed by atoms with van der Waals surface area (Å²) >= 11 is 0. The Morgan fingerprint density at radius 3 is 2.69 bits per heavy atom. The first-order valence-corrected chi connectivity index (χ1v) is 10.2. The third-order valence-electron chi connectivity index (χ3n) is 6.50. The highest BCUT2D eigenvalue weighted by Crippen LogP contribution is 2.55. The Morgan fingerprint density at radius 1 is 1.31 bits per heavy atom. The standard InChI is InChI=1S/C23H30N2O4/c1-5-25(15(2)26)11-10-24-22(28)19-13-21(29-4)20(27)12-18-17-9-7-6-8-16(17)14-23(18,19)3/h6-9,13,18-19H,5,10-12,14H2,1-4H3,(H,24,28)/t18-,19-,23+/m1/s1. The molecule has 2 amide bonds. The number of carbonyl (C=O) groups excluding carboxylic acids is 3. The highest BCUT2D eigenvalue weighted by molar-refractivity contribution is 5.96. The van der Waals surface area contributed by atoms with Gasteiger partial charge in [-0.25, -0.2) is 0 Å². The summed E-state index contributed by atoms with van der Waals surface area (Å²) in [4.78, 5) is 39.3. The van der Waals surface area contributed by atoms with Crippen molar-refractivity contribution in [1.82, 2.24) is 10.2 Å². The number of benzene rings is 1. The first-order valence-electron chi connectivity index (χ1n) is 10.2. The molecule has 2 aliphatic carbocycles. The lowest BCUT2D eigenvalue weighted by Gasteiger charge is -2.36. The monoisotopic (exact) mass is 398 g/mol. The Labute approximate surface area is 172 Å². The summed E-state index contributed by atoms with van der Waals surface area (Å²) in [6, 6.07) is 8.14. The number of nitrogens with one attached hydrogen (secondary N) is 1. The number of hydrogen-bond acceptors (Lipinski definition) is 4. The molecule has 1 aromatic rings. The Balaban J connectivity index is 1.86.